The van der Waals surface area contributed by atoms with E-state index in [1.807, 2.05) is 33.8 Å². The lowest BCUT2D eigenvalue weighted by Crippen LogP contribution is -2.26. The molecule has 0 saturated carbocycles. The number of hydrogen-bond donors (Lipinski definition) is 3. The Bertz CT molecular complexity index is 987. The van der Waals surface area contributed by atoms with E-state index >= 15 is 0 Å². The molecule has 3 N–H and O–H groups in total. The fraction of sp³-hybridized carbons (Fsp3) is 0.517. The lowest BCUT2D eigenvalue weighted by atomic mass is 9.70. The Morgan fingerprint density at radius 3 is 1.97 bits per heavy atom. The van der Waals surface area contributed by atoms with Crippen LogP contribution >= 0.6 is 0 Å². The third-order valence-electron chi connectivity index (χ3n) is 6.52. The van der Waals surface area contributed by atoms with Gasteiger partial charge in [0.2, 0.25) is 0 Å². The molecule has 2 aromatic carbocycles. The molecule has 0 fully saturated rings. The fourth-order valence-corrected chi connectivity index (χ4v) is 4.05. The zero-order chi connectivity index (χ0) is 24.8. The number of aliphatic hydroxyl groups excluding tert-OH is 3. The van der Waals surface area contributed by atoms with Crippen LogP contribution < -0.4 is 4.74 Å². The van der Waals surface area contributed by atoms with Crippen molar-refractivity contribution in [1.29, 1.82) is 0 Å². The molecule has 2 aromatic rings. The molecule has 0 aliphatic rings. The van der Waals surface area contributed by atoms with Gasteiger partial charge in [0.05, 0.1) is 6.61 Å². The fourth-order valence-electron chi connectivity index (χ4n) is 4.05. The molecule has 0 unspecified atom stereocenters. The second-order valence-corrected chi connectivity index (χ2v) is 9.98. The summed E-state index contributed by atoms with van der Waals surface area (Å²) in [6.07, 6.45) is 0.326. The van der Waals surface area contributed by atoms with Crippen LogP contribution in [0.3, 0.4) is 0 Å². The summed E-state index contributed by atoms with van der Waals surface area (Å²) in [5, 5.41) is 28.9. The van der Waals surface area contributed by atoms with Gasteiger partial charge >= 0.3 is 0 Å². The number of rotatable bonds is 8. The van der Waals surface area contributed by atoms with Gasteiger partial charge in [0.25, 0.3) is 0 Å². The molecule has 0 aliphatic heterocycles. The van der Waals surface area contributed by atoms with Gasteiger partial charge in [-0.25, -0.2) is 0 Å². The summed E-state index contributed by atoms with van der Waals surface area (Å²) in [7, 11) is 0. The summed E-state index contributed by atoms with van der Waals surface area (Å²) in [5.41, 5.74) is 5.09. The highest BCUT2D eigenvalue weighted by Crippen LogP contribution is 2.41. The zero-order valence-electron chi connectivity index (χ0n) is 21.2. The van der Waals surface area contributed by atoms with Gasteiger partial charge in [-0.15, -0.1) is 0 Å². The van der Waals surface area contributed by atoms with Gasteiger partial charge in [-0.1, -0.05) is 70.7 Å². The first kappa shape index (κ1) is 26.9. The first-order valence-corrected chi connectivity index (χ1v) is 11.8. The van der Waals surface area contributed by atoms with Gasteiger partial charge in [0, 0.05) is 11.0 Å². The summed E-state index contributed by atoms with van der Waals surface area (Å²) >= 11 is 0. The highest BCUT2D eigenvalue weighted by atomic mass is 16.5. The van der Waals surface area contributed by atoms with Crippen molar-refractivity contribution in [3.8, 4) is 17.6 Å². The molecular weight excluding hydrogens is 412 g/mol. The van der Waals surface area contributed by atoms with E-state index < -0.39 is 12.2 Å². The van der Waals surface area contributed by atoms with E-state index in [1.54, 1.807) is 0 Å². The van der Waals surface area contributed by atoms with Crippen LogP contribution in [0.4, 0.5) is 0 Å². The van der Waals surface area contributed by atoms with Gasteiger partial charge in [0.15, 0.2) is 0 Å². The second kappa shape index (κ2) is 11.2. The average Bonchev–Trinajstić information content (AvgIpc) is 2.78. The summed E-state index contributed by atoms with van der Waals surface area (Å²) in [6.45, 7) is 14.2. The molecule has 180 valence electrons. The SMILES string of the molecule is CCC(CC)(c1ccc(C#C[C@H](O)C(C)(C)C)c(C)c1)c1ccc(OC[C@@H](O)CO)c(C)c1. The monoisotopic (exact) mass is 452 g/mol. The Labute approximate surface area is 199 Å². The molecule has 0 radical (unpaired) electrons. The molecule has 0 amide bonds. The predicted octanol–water partition coefficient (Wildman–Crippen LogP) is 4.90. The predicted molar refractivity (Wildman–Crippen MR) is 135 cm³/mol. The minimum absolute atomic E-state index is 0.0645. The molecule has 33 heavy (non-hydrogen) atoms. The van der Waals surface area contributed by atoms with Crippen LogP contribution in [0.15, 0.2) is 36.4 Å². The molecule has 4 heteroatoms. The number of ether oxygens (including phenoxy) is 1. The van der Waals surface area contributed by atoms with Crippen LogP contribution in [-0.2, 0) is 5.41 Å². The Balaban J connectivity index is 2.40. The average molecular weight is 453 g/mol. The van der Waals surface area contributed by atoms with Crippen LogP contribution in [0.1, 0.15) is 75.3 Å². The Kier molecular flexibility index (Phi) is 9.14. The lowest BCUT2D eigenvalue weighted by Gasteiger charge is -2.34. The van der Waals surface area contributed by atoms with Crippen LogP contribution in [0, 0.1) is 31.1 Å². The molecule has 2 atom stereocenters. The maximum absolute atomic E-state index is 10.3. The summed E-state index contributed by atoms with van der Waals surface area (Å²) < 4.78 is 5.69. The summed E-state index contributed by atoms with van der Waals surface area (Å²) in [5.74, 6) is 6.87. The molecular formula is C29H40O4. The Hall–Kier alpha value is -2.32. The van der Waals surface area contributed by atoms with E-state index in [0.29, 0.717) is 5.75 Å². The van der Waals surface area contributed by atoms with E-state index in [4.69, 9.17) is 9.84 Å². The molecule has 0 bridgehead atoms. The number of hydrogen-bond acceptors (Lipinski definition) is 4. The van der Waals surface area contributed by atoms with E-state index in [2.05, 4.69) is 62.9 Å². The minimum atomic E-state index is -0.886. The quantitative estimate of drug-likeness (QED) is 0.498. The molecule has 0 spiro atoms. The van der Waals surface area contributed by atoms with E-state index in [9.17, 15) is 10.2 Å². The van der Waals surface area contributed by atoms with E-state index in [0.717, 1.165) is 29.5 Å². The first-order chi connectivity index (χ1) is 15.5. The highest BCUT2D eigenvalue weighted by molar-refractivity contribution is 5.50. The van der Waals surface area contributed by atoms with Crippen molar-refractivity contribution in [3.63, 3.8) is 0 Å². The van der Waals surface area contributed by atoms with Gasteiger partial charge < -0.3 is 20.1 Å². The summed E-state index contributed by atoms with van der Waals surface area (Å²) in [4.78, 5) is 0. The number of benzene rings is 2. The van der Waals surface area contributed by atoms with Crippen LogP contribution in [-0.4, -0.2) is 40.7 Å². The van der Waals surface area contributed by atoms with Gasteiger partial charge in [-0.3, -0.25) is 0 Å². The van der Waals surface area contributed by atoms with Gasteiger partial charge in [-0.05, 0) is 66.5 Å². The van der Waals surface area contributed by atoms with Crippen molar-refractivity contribution in [2.45, 2.75) is 78.9 Å². The summed E-state index contributed by atoms with van der Waals surface area (Å²) in [6, 6.07) is 12.7. The van der Waals surface area contributed by atoms with E-state index in [-0.39, 0.29) is 24.0 Å². The first-order valence-electron chi connectivity index (χ1n) is 11.8. The molecule has 0 heterocycles. The third kappa shape index (κ3) is 6.38. The Morgan fingerprint density at radius 1 is 0.909 bits per heavy atom. The van der Waals surface area contributed by atoms with Crippen LogP contribution in [0.2, 0.25) is 0 Å². The van der Waals surface area contributed by atoms with E-state index in [1.165, 1.54) is 11.1 Å². The molecule has 4 nitrogen and oxygen atoms in total. The minimum Gasteiger partial charge on any atom is -0.491 e. The zero-order valence-corrected chi connectivity index (χ0v) is 21.2. The molecule has 0 saturated heterocycles. The maximum Gasteiger partial charge on any atom is 0.122 e. The van der Waals surface area contributed by atoms with Crippen LogP contribution in [0.5, 0.6) is 5.75 Å². The van der Waals surface area contributed by atoms with Crippen molar-refractivity contribution in [2.75, 3.05) is 13.2 Å². The van der Waals surface area contributed by atoms with Gasteiger partial charge in [-0.2, -0.15) is 0 Å². The van der Waals surface area contributed by atoms with Crippen LogP contribution in [0.25, 0.3) is 0 Å². The third-order valence-corrected chi connectivity index (χ3v) is 6.52. The maximum atomic E-state index is 10.3. The standard InChI is InChI=1S/C29H40O4/c1-8-29(9-2,24-13-14-26(21(4)17-24)33-19-25(31)18-30)23-12-10-22(20(3)16-23)11-15-27(32)28(5,6)7/h10,12-14,16-17,25,27,30-32H,8-9,18-19H2,1-7H3/t25-,27-/m0/s1. The van der Waals surface area contributed by atoms with Crippen molar-refractivity contribution < 1.29 is 20.1 Å². The second-order valence-electron chi connectivity index (χ2n) is 9.98. The van der Waals surface area contributed by atoms with Crippen molar-refractivity contribution in [1.82, 2.24) is 0 Å². The smallest absolute Gasteiger partial charge is 0.122 e. The molecule has 0 aromatic heterocycles. The molecule has 2 rings (SSSR count). The van der Waals surface area contributed by atoms with Crippen molar-refractivity contribution in [2.24, 2.45) is 5.41 Å². The Morgan fingerprint density at radius 2 is 1.48 bits per heavy atom. The van der Waals surface area contributed by atoms with Gasteiger partial charge in [0.1, 0.15) is 24.6 Å². The number of aryl methyl sites for hydroxylation is 2. The lowest BCUT2D eigenvalue weighted by molar-refractivity contribution is 0.0534. The normalized spacial score (nSPS) is 13.8. The highest BCUT2D eigenvalue weighted by Gasteiger charge is 2.31. The van der Waals surface area contributed by atoms with Crippen molar-refractivity contribution in [3.05, 3.63) is 64.2 Å². The topological polar surface area (TPSA) is 69.9 Å². The largest absolute Gasteiger partial charge is 0.491 e. The van der Waals surface area contributed by atoms with Crippen molar-refractivity contribution >= 4 is 0 Å². The number of aliphatic hydroxyl groups is 3. The molecule has 0 aliphatic carbocycles.